The molecule has 1 aromatic rings. The maximum Gasteiger partial charge on any atom is 0.124 e. The zero-order valence-electron chi connectivity index (χ0n) is 11.5. The highest BCUT2D eigenvalue weighted by Gasteiger charge is 2.33. The minimum atomic E-state index is -0.661. The first-order valence-electron chi connectivity index (χ1n) is 7.19. The van der Waals surface area contributed by atoms with Crippen LogP contribution in [0.2, 0.25) is 5.02 Å². The number of hydrogen-bond acceptors (Lipinski definition) is 1. The Morgan fingerprint density at radius 3 is 2.63 bits per heavy atom. The standard InChI is InChI=1S/C16H22ClFO/c1-2-3-12-6-8-16(19,9-7-12)11-13-4-5-14(18)10-15(13)17/h4-5,10,12,19H,2-3,6-9,11H2,1H3. The smallest absolute Gasteiger partial charge is 0.124 e. The van der Waals surface area contributed by atoms with Crippen LogP contribution in [0, 0.1) is 11.7 Å². The molecule has 19 heavy (non-hydrogen) atoms. The Bertz CT molecular complexity index is 425. The highest BCUT2D eigenvalue weighted by atomic mass is 35.5. The van der Waals surface area contributed by atoms with Crippen LogP contribution < -0.4 is 0 Å². The number of halogens is 2. The fourth-order valence-corrected chi connectivity index (χ4v) is 3.34. The average Bonchev–Trinajstić information content (AvgIpc) is 2.36. The van der Waals surface area contributed by atoms with Crippen molar-refractivity contribution in [2.75, 3.05) is 0 Å². The summed E-state index contributed by atoms with van der Waals surface area (Å²) in [7, 11) is 0. The average molecular weight is 285 g/mol. The lowest BCUT2D eigenvalue weighted by Gasteiger charge is -2.36. The topological polar surface area (TPSA) is 20.2 Å². The molecular formula is C16H22ClFO. The summed E-state index contributed by atoms with van der Waals surface area (Å²) in [6, 6.07) is 4.42. The number of rotatable bonds is 4. The van der Waals surface area contributed by atoms with Crippen LogP contribution in [0.3, 0.4) is 0 Å². The van der Waals surface area contributed by atoms with Crippen LogP contribution in [0.5, 0.6) is 0 Å². The SMILES string of the molecule is CCCC1CCC(O)(Cc2ccc(F)cc2Cl)CC1. The largest absolute Gasteiger partial charge is 0.390 e. The maximum absolute atomic E-state index is 13.0. The first kappa shape index (κ1) is 14.8. The van der Waals surface area contributed by atoms with E-state index < -0.39 is 5.60 Å². The van der Waals surface area contributed by atoms with Crippen molar-refractivity contribution in [1.82, 2.24) is 0 Å². The third-order valence-electron chi connectivity index (χ3n) is 4.27. The van der Waals surface area contributed by atoms with Gasteiger partial charge in [-0.2, -0.15) is 0 Å². The Balaban J connectivity index is 1.99. The Kier molecular flexibility index (Phi) is 4.86. The molecule has 1 aliphatic carbocycles. The summed E-state index contributed by atoms with van der Waals surface area (Å²) in [6.07, 6.45) is 6.83. The second-order valence-corrected chi connectivity index (χ2v) is 6.28. The van der Waals surface area contributed by atoms with E-state index in [0.717, 1.165) is 37.2 Å². The molecular weight excluding hydrogens is 263 g/mol. The molecule has 0 aliphatic heterocycles. The third-order valence-corrected chi connectivity index (χ3v) is 4.62. The molecule has 0 amide bonds. The molecule has 2 rings (SSSR count). The summed E-state index contributed by atoms with van der Waals surface area (Å²) >= 11 is 6.04. The first-order valence-corrected chi connectivity index (χ1v) is 7.56. The second kappa shape index (κ2) is 6.23. The van der Waals surface area contributed by atoms with Crippen molar-refractivity contribution in [3.63, 3.8) is 0 Å². The molecule has 0 spiro atoms. The lowest BCUT2D eigenvalue weighted by atomic mass is 9.74. The zero-order valence-corrected chi connectivity index (χ0v) is 12.2. The van der Waals surface area contributed by atoms with E-state index in [9.17, 15) is 9.50 Å². The lowest BCUT2D eigenvalue weighted by Crippen LogP contribution is -2.36. The maximum atomic E-state index is 13.0. The van der Waals surface area contributed by atoms with Crippen LogP contribution in [0.4, 0.5) is 4.39 Å². The molecule has 1 nitrogen and oxygen atoms in total. The number of aliphatic hydroxyl groups is 1. The molecule has 0 heterocycles. The van der Waals surface area contributed by atoms with Gasteiger partial charge < -0.3 is 5.11 Å². The van der Waals surface area contributed by atoms with Crippen LogP contribution >= 0.6 is 11.6 Å². The van der Waals surface area contributed by atoms with Gasteiger partial charge in [-0.1, -0.05) is 37.4 Å². The second-order valence-electron chi connectivity index (χ2n) is 5.87. The Hall–Kier alpha value is -0.600. The predicted octanol–water partition coefficient (Wildman–Crippen LogP) is 4.74. The Morgan fingerprint density at radius 2 is 2.05 bits per heavy atom. The quantitative estimate of drug-likeness (QED) is 0.846. The third kappa shape index (κ3) is 3.93. The minimum Gasteiger partial charge on any atom is -0.390 e. The van der Waals surface area contributed by atoms with E-state index in [2.05, 4.69) is 6.92 Å². The summed E-state index contributed by atoms with van der Waals surface area (Å²) in [6.45, 7) is 2.21. The molecule has 1 fully saturated rings. The molecule has 0 atom stereocenters. The molecule has 0 unspecified atom stereocenters. The van der Waals surface area contributed by atoms with Crippen molar-refractivity contribution < 1.29 is 9.50 Å². The van der Waals surface area contributed by atoms with E-state index in [1.54, 1.807) is 6.07 Å². The van der Waals surface area contributed by atoms with E-state index in [1.807, 2.05) is 0 Å². The molecule has 106 valence electrons. The molecule has 0 saturated heterocycles. The highest BCUT2D eigenvalue weighted by Crippen LogP contribution is 2.37. The van der Waals surface area contributed by atoms with Gasteiger partial charge >= 0.3 is 0 Å². The summed E-state index contributed by atoms with van der Waals surface area (Å²) in [5.41, 5.74) is 0.186. The van der Waals surface area contributed by atoms with Gasteiger partial charge in [-0.25, -0.2) is 4.39 Å². The zero-order chi connectivity index (χ0) is 13.9. The van der Waals surface area contributed by atoms with Gasteiger partial charge in [0.1, 0.15) is 5.82 Å². The number of benzene rings is 1. The van der Waals surface area contributed by atoms with Gasteiger partial charge in [-0.15, -0.1) is 0 Å². The van der Waals surface area contributed by atoms with Crippen LogP contribution in [0.1, 0.15) is 51.0 Å². The lowest BCUT2D eigenvalue weighted by molar-refractivity contribution is -0.00987. The highest BCUT2D eigenvalue weighted by molar-refractivity contribution is 6.31. The molecule has 0 bridgehead atoms. The molecule has 1 aromatic carbocycles. The predicted molar refractivity (Wildman–Crippen MR) is 76.9 cm³/mol. The van der Waals surface area contributed by atoms with Crippen molar-refractivity contribution in [3.8, 4) is 0 Å². The Labute approximate surface area is 119 Å². The summed E-state index contributed by atoms with van der Waals surface area (Å²) in [5, 5.41) is 11.1. The summed E-state index contributed by atoms with van der Waals surface area (Å²) < 4.78 is 13.0. The minimum absolute atomic E-state index is 0.326. The van der Waals surface area contributed by atoms with Crippen molar-refractivity contribution in [2.45, 2.75) is 57.5 Å². The van der Waals surface area contributed by atoms with Crippen LogP contribution in [0.15, 0.2) is 18.2 Å². The Morgan fingerprint density at radius 1 is 1.37 bits per heavy atom. The summed E-state index contributed by atoms with van der Waals surface area (Å²) in [4.78, 5) is 0. The summed E-state index contributed by atoms with van der Waals surface area (Å²) in [5.74, 6) is 0.432. The van der Waals surface area contributed by atoms with Crippen LogP contribution in [0.25, 0.3) is 0 Å². The van der Waals surface area contributed by atoms with Gasteiger partial charge in [0.05, 0.1) is 5.60 Å². The number of hydrogen-bond donors (Lipinski definition) is 1. The first-order chi connectivity index (χ1) is 9.02. The monoisotopic (exact) mass is 284 g/mol. The van der Waals surface area contributed by atoms with Gasteiger partial charge in [-0.05, 0) is 49.3 Å². The van der Waals surface area contributed by atoms with E-state index in [1.165, 1.54) is 25.0 Å². The molecule has 3 heteroatoms. The van der Waals surface area contributed by atoms with Crippen molar-refractivity contribution in [3.05, 3.63) is 34.6 Å². The fourth-order valence-electron chi connectivity index (χ4n) is 3.11. The van der Waals surface area contributed by atoms with Crippen LogP contribution in [-0.2, 0) is 6.42 Å². The van der Waals surface area contributed by atoms with Gasteiger partial charge in [-0.3, -0.25) is 0 Å². The van der Waals surface area contributed by atoms with Gasteiger partial charge in [0, 0.05) is 11.4 Å². The van der Waals surface area contributed by atoms with Crippen molar-refractivity contribution >= 4 is 11.6 Å². The van der Waals surface area contributed by atoms with E-state index in [4.69, 9.17) is 11.6 Å². The fraction of sp³-hybridized carbons (Fsp3) is 0.625. The molecule has 0 radical (unpaired) electrons. The van der Waals surface area contributed by atoms with E-state index in [-0.39, 0.29) is 5.82 Å². The molecule has 1 aliphatic rings. The normalized spacial score (nSPS) is 27.5. The van der Waals surface area contributed by atoms with E-state index >= 15 is 0 Å². The van der Waals surface area contributed by atoms with Gasteiger partial charge in [0.15, 0.2) is 0 Å². The van der Waals surface area contributed by atoms with Gasteiger partial charge in [0.2, 0.25) is 0 Å². The molecule has 1 saturated carbocycles. The molecule has 1 N–H and O–H groups in total. The van der Waals surface area contributed by atoms with Crippen molar-refractivity contribution in [1.29, 1.82) is 0 Å². The van der Waals surface area contributed by atoms with Crippen molar-refractivity contribution in [2.24, 2.45) is 5.92 Å². The van der Waals surface area contributed by atoms with Gasteiger partial charge in [0.25, 0.3) is 0 Å². The molecule has 0 aromatic heterocycles. The van der Waals surface area contributed by atoms with Crippen LogP contribution in [-0.4, -0.2) is 10.7 Å². The van der Waals surface area contributed by atoms with E-state index in [0.29, 0.717) is 11.4 Å².